The van der Waals surface area contributed by atoms with Crippen molar-refractivity contribution in [2.24, 2.45) is 0 Å². The third-order valence-electron chi connectivity index (χ3n) is 3.78. The summed E-state index contributed by atoms with van der Waals surface area (Å²) in [6.45, 7) is 1.79. The van der Waals surface area contributed by atoms with E-state index in [0.717, 1.165) is 16.1 Å². The van der Waals surface area contributed by atoms with Crippen molar-refractivity contribution in [3.63, 3.8) is 0 Å². The van der Waals surface area contributed by atoms with Gasteiger partial charge in [0, 0.05) is 17.8 Å². The minimum atomic E-state index is -3.56. The van der Waals surface area contributed by atoms with E-state index in [-0.39, 0.29) is 0 Å². The zero-order valence-corrected chi connectivity index (χ0v) is 15.2. The van der Waals surface area contributed by atoms with Crippen molar-refractivity contribution in [2.45, 2.75) is 13.0 Å². The van der Waals surface area contributed by atoms with Gasteiger partial charge in [-0.3, -0.25) is 4.79 Å². The van der Waals surface area contributed by atoms with E-state index in [1.165, 1.54) is 7.05 Å². The molecule has 7 heteroatoms. The fourth-order valence-corrected chi connectivity index (χ4v) is 3.07. The lowest BCUT2D eigenvalue weighted by Crippen LogP contribution is -2.38. The molecule has 0 aliphatic heterocycles. The van der Waals surface area contributed by atoms with Gasteiger partial charge >= 0.3 is 0 Å². The maximum atomic E-state index is 12.8. The molecule has 2 aromatic carbocycles. The van der Waals surface area contributed by atoms with Gasteiger partial charge in [-0.05, 0) is 30.2 Å². The molecule has 0 aliphatic rings. The monoisotopic (exact) mass is 366 g/mol. The third-order valence-corrected chi connectivity index (χ3v) is 5.44. The van der Waals surface area contributed by atoms with Crippen LogP contribution in [0.3, 0.4) is 0 Å². The van der Waals surface area contributed by atoms with E-state index in [9.17, 15) is 13.2 Å². The van der Waals surface area contributed by atoms with Gasteiger partial charge in [-0.1, -0.05) is 48.0 Å². The molecule has 1 unspecified atom stereocenters. The number of hydrogen-bond acceptors (Lipinski definition) is 3. The van der Waals surface area contributed by atoms with Gasteiger partial charge in [0.05, 0.1) is 6.26 Å². The van der Waals surface area contributed by atoms with Crippen LogP contribution in [0.2, 0.25) is 5.02 Å². The number of halogens is 1. The van der Waals surface area contributed by atoms with E-state index < -0.39 is 22.0 Å². The maximum Gasteiger partial charge on any atom is 0.247 e. The molecule has 1 N–H and O–H groups in total. The van der Waals surface area contributed by atoms with Crippen LogP contribution in [0.4, 0.5) is 5.69 Å². The zero-order chi connectivity index (χ0) is 17.9. The van der Waals surface area contributed by atoms with Gasteiger partial charge in [0.1, 0.15) is 6.04 Å². The largest absolute Gasteiger partial charge is 0.324 e. The normalized spacial score (nSPS) is 12.9. The van der Waals surface area contributed by atoms with Gasteiger partial charge in [0.25, 0.3) is 0 Å². The Morgan fingerprint density at radius 1 is 1.12 bits per heavy atom. The number of benzene rings is 2. The first-order valence-electron chi connectivity index (χ1n) is 7.25. The first-order chi connectivity index (χ1) is 11.2. The van der Waals surface area contributed by atoms with Gasteiger partial charge in [0.2, 0.25) is 15.9 Å². The van der Waals surface area contributed by atoms with Gasteiger partial charge < -0.3 is 5.32 Å². The topological polar surface area (TPSA) is 66.5 Å². The van der Waals surface area contributed by atoms with Gasteiger partial charge in [-0.2, -0.15) is 4.31 Å². The molecule has 2 aromatic rings. The fourth-order valence-electron chi connectivity index (χ4n) is 2.30. The van der Waals surface area contributed by atoms with Crippen LogP contribution < -0.4 is 5.32 Å². The second-order valence-electron chi connectivity index (χ2n) is 5.49. The summed E-state index contributed by atoms with van der Waals surface area (Å²) in [6, 6.07) is 13.0. The molecule has 0 fully saturated rings. The van der Waals surface area contributed by atoms with E-state index >= 15 is 0 Å². The lowest BCUT2D eigenvalue weighted by molar-refractivity contribution is -0.119. The molecule has 1 atom stereocenters. The molecule has 1 amide bonds. The molecule has 2 rings (SSSR count). The highest BCUT2D eigenvalue weighted by Crippen LogP contribution is 2.27. The fraction of sp³-hybridized carbons (Fsp3) is 0.235. The number of likely N-dealkylation sites (N-methyl/N-ethyl adjacent to an activating group) is 1. The van der Waals surface area contributed by atoms with Crippen LogP contribution in [0.25, 0.3) is 0 Å². The molecule has 0 bridgehead atoms. The van der Waals surface area contributed by atoms with Crippen molar-refractivity contribution in [1.82, 2.24) is 4.31 Å². The second-order valence-corrected chi connectivity index (χ2v) is 7.94. The Bertz CT molecular complexity index is 838. The van der Waals surface area contributed by atoms with E-state index in [1.54, 1.807) is 55.5 Å². The number of nitrogens with one attached hydrogen (secondary N) is 1. The Morgan fingerprint density at radius 2 is 1.75 bits per heavy atom. The molecule has 5 nitrogen and oxygen atoms in total. The van der Waals surface area contributed by atoms with Crippen LogP contribution in [-0.2, 0) is 14.8 Å². The highest BCUT2D eigenvalue weighted by molar-refractivity contribution is 7.88. The highest BCUT2D eigenvalue weighted by Gasteiger charge is 2.31. The van der Waals surface area contributed by atoms with Crippen LogP contribution >= 0.6 is 11.6 Å². The number of nitrogens with zero attached hydrogens (tertiary/aromatic N) is 1. The Balaban J connectivity index is 2.40. The number of anilines is 1. The Hall–Kier alpha value is -1.89. The van der Waals surface area contributed by atoms with Gasteiger partial charge in [0.15, 0.2) is 0 Å². The van der Waals surface area contributed by atoms with Crippen LogP contribution in [0.5, 0.6) is 0 Å². The smallest absolute Gasteiger partial charge is 0.247 e. The predicted octanol–water partition coefficient (Wildman–Crippen LogP) is 3.22. The molecule has 0 heterocycles. The summed E-state index contributed by atoms with van der Waals surface area (Å²) in [4.78, 5) is 12.8. The predicted molar refractivity (Wildman–Crippen MR) is 96.6 cm³/mol. The van der Waals surface area contributed by atoms with Crippen LogP contribution in [0.1, 0.15) is 17.2 Å². The lowest BCUT2D eigenvalue weighted by Gasteiger charge is -2.26. The van der Waals surface area contributed by atoms with Crippen molar-refractivity contribution >= 4 is 33.2 Å². The Morgan fingerprint density at radius 3 is 2.33 bits per heavy atom. The molecule has 0 saturated carbocycles. The number of carbonyl (C=O) groups is 1. The maximum absolute atomic E-state index is 12.8. The standard InChI is InChI=1S/C17H19ClN2O3S/c1-12-14(18)10-7-11-15(12)19-17(21)16(20(2)24(3,22)23)13-8-5-4-6-9-13/h4-11,16H,1-3H3,(H,19,21). The quantitative estimate of drug-likeness (QED) is 0.883. The molecule has 0 aromatic heterocycles. The Kier molecular flexibility index (Phi) is 5.64. The number of rotatable bonds is 5. The number of amides is 1. The van der Waals surface area contributed by atoms with Crippen molar-refractivity contribution in [3.05, 3.63) is 64.7 Å². The van der Waals surface area contributed by atoms with E-state index in [2.05, 4.69) is 5.32 Å². The zero-order valence-electron chi connectivity index (χ0n) is 13.7. The molecular weight excluding hydrogens is 348 g/mol. The minimum Gasteiger partial charge on any atom is -0.324 e. The van der Waals surface area contributed by atoms with Crippen molar-refractivity contribution in [2.75, 3.05) is 18.6 Å². The summed E-state index contributed by atoms with van der Waals surface area (Å²) in [5.74, 6) is -0.445. The third kappa shape index (κ3) is 4.14. The van der Waals surface area contributed by atoms with Crippen LogP contribution in [0, 0.1) is 6.92 Å². The SMILES string of the molecule is Cc1c(Cl)cccc1NC(=O)C(c1ccccc1)N(C)S(C)(=O)=O. The van der Waals surface area contributed by atoms with Crippen molar-refractivity contribution in [1.29, 1.82) is 0 Å². The summed E-state index contributed by atoms with van der Waals surface area (Å²) in [5, 5.41) is 3.30. The number of hydrogen-bond donors (Lipinski definition) is 1. The summed E-state index contributed by atoms with van der Waals surface area (Å²) in [5.41, 5.74) is 1.86. The minimum absolute atomic E-state index is 0.445. The van der Waals surface area contributed by atoms with Crippen molar-refractivity contribution in [3.8, 4) is 0 Å². The van der Waals surface area contributed by atoms with Gasteiger partial charge in [-0.25, -0.2) is 8.42 Å². The molecule has 0 saturated heterocycles. The molecule has 128 valence electrons. The van der Waals surface area contributed by atoms with Gasteiger partial charge in [-0.15, -0.1) is 0 Å². The molecule has 0 aliphatic carbocycles. The summed E-state index contributed by atoms with van der Waals surface area (Å²) < 4.78 is 25.0. The Labute approximate surface area is 147 Å². The molecular formula is C17H19ClN2O3S. The van der Waals surface area contributed by atoms with E-state index in [1.807, 2.05) is 0 Å². The average Bonchev–Trinajstić information content (AvgIpc) is 2.52. The summed E-state index contributed by atoms with van der Waals surface area (Å²) in [6.07, 6.45) is 1.07. The highest BCUT2D eigenvalue weighted by atomic mass is 35.5. The molecule has 0 spiro atoms. The summed E-state index contributed by atoms with van der Waals surface area (Å²) >= 11 is 6.07. The summed E-state index contributed by atoms with van der Waals surface area (Å²) in [7, 11) is -2.17. The first-order valence-corrected chi connectivity index (χ1v) is 9.48. The van der Waals surface area contributed by atoms with Crippen LogP contribution in [-0.4, -0.2) is 31.9 Å². The number of carbonyl (C=O) groups excluding carboxylic acids is 1. The molecule has 24 heavy (non-hydrogen) atoms. The van der Waals surface area contributed by atoms with E-state index in [4.69, 9.17) is 11.6 Å². The molecule has 0 radical (unpaired) electrons. The number of sulfonamides is 1. The average molecular weight is 367 g/mol. The second kappa shape index (κ2) is 7.34. The first kappa shape index (κ1) is 18.4. The van der Waals surface area contributed by atoms with E-state index in [0.29, 0.717) is 16.3 Å². The lowest BCUT2D eigenvalue weighted by atomic mass is 10.1. The van der Waals surface area contributed by atoms with Crippen molar-refractivity contribution < 1.29 is 13.2 Å². The van der Waals surface area contributed by atoms with Crippen LogP contribution in [0.15, 0.2) is 48.5 Å².